The highest BCUT2D eigenvalue weighted by Crippen LogP contribution is 2.25. The van der Waals surface area contributed by atoms with Gasteiger partial charge in [-0.2, -0.15) is 0 Å². The number of rotatable bonds is 4. The first-order chi connectivity index (χ1) is 12.2. The van der Waals surface area contributed by atoms with Crippen LogP contribution in [0.3, 0.4) is 0 Å². The molecule has 2 aromatic carbocycles. The van der Waals surface area contributed by atoms with Crippen LogP contribution in [0, 0.1) is 5.82 Å². The van der Waals surface area contributed by atoms with Crippen LogP contribution in [0.2, 0.25) is 0 Å². The van der Waals surface area contributed by atoms with Gasteiger partial charge in [0.1, 0.15) is 24.0 Å². The summed E-state index contributed by atoms with van der Waals surface area (Å²) in [6.07, 6.45) is 0. The molecule has 1 N–H and O–H groups in total. The van der Waals surface area contributed by atoms with E-state index in [1.807, 2.05) is 24.3 Å². The van der Waals surface area contributed by atoms with Gasteiger partial charge in [-0.25, -0.2) is 14.2 Å². The SMILES string of the molecule is O=C(OCc1nc2ccccc2[nH]1)c1ccc(-c2ccccc2F)o1. The summed E-state index contributed by atoms with van der Waals surface area (Å²) in [6.45, 7) is -0.0107. The molecule has 5 nitrogen and oxygen atoms in total. The number of nitrogens with zero attached hydrogens (tertiary/aromatic N) is 1. The summed E-state index contributed by atoms with van der Waals surface area (Å²) >= 11 is 0. The smallest absolute Gasteiger partial charge is 0.374 e. The summed E-state index contributed by atoms with van der Waals surface area (Å²) in [5.41, 5.74) is 1.96. The maximum Gasteiger partial charge on any atom is 0.374 e. The molecule has 0 saturated carbocycles. The second-order valence-electron chi connectivity index (χ2n) is 5.42. The summed E-state index contributed by atoms with van der Waals surface area (Å²) in [5.74, 6) is -0.235. The zero-order chi connectivity index (χ0) is 17.2. The number of H-pyrrole nitrogens is 1. The molecule has 0 bridgehead atoms. The first-order valence-electron chi connectivity index (χ1n) is 7.66. The van der Waals surface area contributed by atoms with Crippen molar-refractivity contribution in [2.75, 3.05) is 0 Å². The summed E-state index contributed by atoms with van der Waals surface area (Å²) in [5, 5.41) is 0. The quantitative estimate of drug-likeness (QED) is 0.564. The van der Waals surface area contributed by atoms with E-state index in [9.17, 15) is 9.18 Å². The minimum absolute atomic E-state index is 0.00867. The number of para-hydroxylation sites is 2. The van der Waals surface area contributed by atoms with E-state index in [4.69, 9.17) is 9.15 Å². The lowest BCUT2D eigenvalue weighted by molar-refractivity contribution is 0.0428. The van der Waals surface area contributed by atoms with Gasteiger partial charge in [0, 0.05) is 0 Å². The third-order valence-corrected chi connectivity index (χ3v) is 3.72. The monoisotopic (exact) mass is 336 g/mol. The molecule has 0 saturated heterocycles. The van der Waals surface area contributed by atoms with Gasteiger partial charge >= 0.3 is 5.97 Å². The number of carbonyl (C=O) groups excluding carboxylic acids is 1. The number of halogens is 1. The Labute approximate surface area is 142 Å². The fourth-order valence-electron chi connectivity index (χ4n) is 2.53. The van der Waals surface area contributed by atoms with Crippen molar-refractivity contribution in [1.82, 2.24) is 9.97 Å². The van der Waals surface area contributed by atoms with Crippen LogP contribution >= 0.6 is 0 Å². The Hall–Kier alpha value is -3.41. The minimum Gasteiger partial charge on any atom is -0.452 e. The number of benzene rings is 2. The van der Waals surface area contributed by atoms with Gasteiger partial charge in [-0.05, 0) is 36.4 Å². The molecule has 0 aliphatic heterocycles. The molecule has 0 spiro atoms. The van der Waals surface area contributed by atoms with Crippen LogP contribution in [0.25, 0.3) is 22.4 Å². The van der Waals surface area contributed by atoms with Crippen LogP contribution in [0.4, 0.5) is 4.39 Å². The number of aromatic amines is 1. The van der Waals surface area contributed by atoms with Crippen molar-refractivity contribution in [2.45, 2.75) is 6.61 Å². The molecule has 0 amide bonds. The van der Waals surface area contributed by atoms with Crippen molar-refractivity contribution in [1.29, 1.82) is 0 Å². The highest BCUT2D eigenvalue weighted by Gasteiger charge is 2.16. The molecule has 25 heavy (non-hydrogen) atoms. The Morgan fingerprint density at radius 3 is 2.72 bits per heavy atom. The number of furan rings is 1. The Morgan fingerprint density at radius 1 is 1.08 bits per heavy atom. The molecule has 2 aromatic heterocycles. The van der Waals surface area contributed by atoms with E-state index in [2.05, 4.69) is 9.97 Å². The number of hydrogen-bond acceptors (Lipinski definition) is 4. The zero-order valence-electron chi connectivity index (χ0n) is 13.0. The van der Waals surface area contributed by atoms with Crippen LogP contribution < -0.4 is 0 Å². The summed E-state index contributed by atoms with van der Waals surface area (Å²) in [4.78, 5) is 19.5. The normalized spacial score (nSPS) is 10.9. The van der Waals surface area contributed by atoms with Crippen molar-refractivity contribution in [3.8, 4) is 11.3 Å². The lowest BCUT2D eigenvalue weighted by atomic mass is 10.1. The average molecular weight is 336 g/mol. The molecule has 4 rings (SSSR count). The summed E-state index contributed by atoms with van der Waals surface area (Å²) in [7, 11) is 0. The lowest BCUT2D eigenvalue weighted by Gasteiger charge is -2.01. The molecule has 2 heterocycles. The van der Waals surface area contributed by atoms with Gasteiger partial charge in [0.25, 0.3) is 0 Å². The molecule has 0 atom stereocenters. The Bertz CT molecular complexity index is 1020. The van der Waals surface area contributed by atoms with Crippen LogP contribution in [-0.2, 0) is 11.3 Å². The van der Waals surface area contributed by atoms with Gasteiger partial charge in [-0.1, -0.05) is 24.3 Å². The van der Waals surface area contributed by atoms with Gasteiger partial charge in [-0.15, -0.1) is 0 Å². The maximum absolute atomic E-state index is 13.8. The topological polar surface area (TPSA) is 68.1 Å². The molecular weight excluding hydrogens is 323 g/mol. The van der Waals surface area contributed by atoms with Crippen molar-refractivity contribution < 1.29 is 18.3 Å². The van der Waals surface area contributed by atoms with Crippen LogP contribution in [-0.4, -0.2) is 15.9 Å². The first-order valence-corrected chi connectivity index (χ1v) is 7.66. The number of imidazole rings is 1. The standard InChI is InChI=1S/C19H13FN2O3/c20-13-6-2-1-5-12(13)16-9-10-17(25-16)19(23)24-11-18-21-14-7-3-4-8-15(14)22-18/h1-10H,11H2,(H,21,22). The second kappa shape index (κ2) is 6.24. The van der Waals surface area contributed by atoms with Gasteiger partial charge in [0.2, 0.25) is 5.76 Å². The van der Waals surface area contributed by atoms with Gasteiger partial charge < -0.3 is 14.1 Å². The second-order valence-corrected chi connectivity index (χ2v) is 5.42. The number of hydrogen-bond donors (Lipinski definition) is 1. The molecule has 4 aromatic rings. The minimum atomic E-state index is -0.636. The molecular formula is C19H13FN2O3. The predicted molar refractivity (Wildman–Crippen MR) is 89.3 cm³/mol. The molecule has 6 heteroatoms. The van der Waals surface area contributed by atoms with Crippen molar-refractivity contribution in [3.05, 3.63) is 78.1 Å². The van der Waals surface area contributed by atoms with E-state index >= 15 is 0 Å². The lowest BCUT2D eigenvalue weighted by Crippen LogP contribution is -2.04. The third-order valence-electron chi connectivity index (χ3n) is 3.72. The van der Waals surface area contributed by atoms with E-state index in [0.717, 1.165) is 11.0 Å². The molecule has 0 aliphatic rings. The van der Waals surface area contributed by atoms with E-state index in [1.165, 1.54) is 18.2 Å². The highest BCUT2D eigenvalue weighted by atomic mass is 19.1. The van der Waals surface area contributed by atoms with E-state index in [-0.39, 0.29) is 18.1 Å². The molecule has 124 valence electrons. The first kappa shape index (κ1) is 15.1. The molecule has 0 aliphatic carbocycles. The summed E-state index contributed by atoms with van der Waals surface area (Å²) < 4.78 is 24.4. The van der Waals surface area contributed by atoms with Crippen LogP contribution in [0.1, 0.15) is 16.4 Å². The van der Waals surface area contributed by atoms with Gasteiger partial charge in [-0.3, -0.25) is 0 Å². The highest BCUT2D eigenvalue weighted by molar-refractivity contribution is 5.87. The van der Waals surface area contributed by atoms with Gasteiger partial charge in [0.15, 0.2) is 0 Å². The number of esters is 1. The number of ether oxygens (including phenoxy) is 1. The van der Waals surface area contributed by atoms with Crippen molar-refractivity contribution in [3.63, 3.8) is 0 Å². The summed E-state index contributed by atoms with van der Waals surface area (Å²) in [6, 6.07) is 16.7. The van der Waals surface area contributed by atoms with E-state index in [1.54, 1.807) is 18.2 Å². The van der Waals surface area contributed by atoms with Crippen molar-refractivity contribution >= 4 is 17.0 Å². The van der Waals surface area contributed by atoms with Gasteiger partial charge in [0.05, 0.1) is 16.6 Å². The number of carbonyl (C=O) groups is 1. The Kier molecular flexibility index (Phi) is 3.78. The zero-order valence-corrected chi connectivity index (χ0v) is 13.0. The molecule has 0 unspecified atom stereocenters. The average Bonchev–Trinajstić information content (AvgIpc) is 3.27. The van der Waals surface area contributed by atoms with Crippen LogP contribution in [0.5, 0.6) is 0 Å². The maximum atomic E-state index is 13.8. The Morgan fingerprint density at radius 2 is 1.88 bits per heavy atom. The third kappa shape index (κ3) is 3.01. The van der Waals surface area contributed by atoms with E-state index < -0.39 is 11.8 Å². The number of aromatic nitrogens is 2. The fourth-order valence-corrected chi connectivity index (χ4v) is 2.53. The van der Waals surface area contributed by atoms with E-state index in [0.29, 0.717) is 11.4 Å². The van der Waals surface area contributed by atoms with Crippen molar-refractivity contribution in [2.24, 2.45) is 0 Å². The molecule has 0 radical (unpaired) electrons. The van der Waals surface area contributed by atoms with Crippen LogP contribution in [0.15, 0.2) is 65.1 Å². The largest absolute Gasteiger partial charge is 0.452 e. The number of fused-ring (bicyclic) bond motifs is 1. The fraction of sp³-hybridized carbons (Fsp3) is 0.0526. The Balaban J connectivity index is 1.47. The predicted octanol–water partition coefficient (Wildman–Crippen LogP) is 4.32. The molecule has 0 fully saturated rings. The number of nitrogens with one attached hydrogen (secondary N) is 1.